The molecule has 0 amide bonds. The summed E-state index contributed by atoms with van der Waals surface area (Å²) in [6.07, 6.45) is 0. The van der Waals surface area contributed by atoms with Gasteiger partial charge in [0.25, 0.3) is 0 Å². The molecule has 0 aromatic heterocycles. The van der Waals surface area contributed by atoms with Crippen molar-refractivity contribution in [2.24, 2.45) is 0 Å². The molecular formula is C15H12BrFO. The van der Waals surface area contributed by atoms with E-state index in [0.29, 0.717) is 22.3 Å². The van der Waals surface area contributed by atoms with Gasteiger partial charge in [-0.25, -0.2) is 4.39 Å². The summed E-state index contributed by atoms with van der Waals surface area (Å²) in [4.78, 5) is 12.4. The maximum atomic E-state index is 13.2. The molecule has 0 heterocycles. The first-order valence-corrected chi connectivity index (χ1v) is 6.35. The minimum atomic E-state index is -0.308. The summed E-state index contributed by atoms with van der Waals surface area (Å²) < 4.78 is 14.1. The molecule has 3 heteroatoms. The second-order valence-electron chi connectivity index (χ2n) is 4.25. The monoisotopic (exact) mass is 306 g/mol. The normalized spacial score (nSPS) is 10.4. The first kappa shape index (κ1) is 13.0. The molecule has 0 aliphatic carbocycles. The van der Waals surface area contributed by atoms with Crippen LogP contribution >= 0.6 is 15.9 Å². The molecule has 0 spiro atoms. The Balaban J connectivity index is 2.49. The highest BCUT2D eigenvalue weighted by Gasteiger charge is 2.15. The molecule has 0 saturated heterocycles. The van der Waals surface area contributed by atoms with Crippen molar-refractivity contribution in [2.45, 2.75) is 13.8 Å². The zero-order chi connectivity index (χ0) is 13.3. The summed E-state index contributed by atoms with van der Waals surface area (Å²) in [5, 5.41) is 0. The van der Waals surface area contributed by atoms with Crippen molar-refractivity contribution in [2.75, 3.05) is 0 Å². The number of aryl methyl sites for hydroxylation is 2. The maximum absolute atomic E-state index is 13.2. The second-order valence-corrected chi connectivity index (χ2v) is 5.17. The van der Waals surface area contributed by atoms with Gasteiger partial charge in [0, 0.05) is 15.6 Å². The number of rotatable bonds is 2. The Kier molecular flexibility index (Phi) is 3.62. The molecular weight excluding hydrogens is 295 g/mol. The number of carbonyl (C=O) groups excluding carboxylic acids is 1. The molecule has 0 unspecified atom stereocenters. The SMILES string of the molecule is Cc1cc(F)cc(C)c1C(=O)c1ccc(Br)cc1. The van der Waals surface area contributed by atoms with E-state index in [2.05, 4.69) is 15.9 Å². The van der Waals surface area contributed by atoms with E-state index in [1.807, 2.05) is 12.1 Å². The number of hydrogen-bond donors (Lipinski definition) is 0. The van der Waals surface area contributed by atoms with E-state index in [-0.39, 0.29) is 11.6 Å². The molecule has 2 aromatic carbocycles. The van der Waals surface area contributed by atoms with E-state index in [0.717, 1.165) is 4.47 Å². The van der Waals surface area contributed by atoms with Gasteiger partial charge in [0.1, 0.15) is 5.82 Å². The van der Waals surface area contributed by atoms with Gasteiger partial charge >= 0.3 is 0 Å². The first-order valence-electron chi connectivity index (χ1n) is 5.56. The summed E-state index contributed by atoms with van der Waals surface area (Å²) in [6.45, 7) is 3.50. The predicted octanol–water partition coefficient (Wildman–Crippen LogP) is 4.44. The van der Waals surface area contributed by atoms with Crippen molar-refractivity contribution in [1.29, 1.82) is 0 Å². The van der Waals surface area contributed by atoms with Gasteiger partial charge in [0.15, 0.2) is 5.78 Å². The maximum Gasteiger partial charge on any atom is 0.193 e. The molecule has 0 saturated carbocycles. The molecule has 2 rings (SSSR count). The Morgan fingerprint density at radius 2 is 1.56 bits per heavy atom. The quantitative estimate of drug-likeness (QED) is 0.750. The Morgan fingerprint density at radius 1 is 1.06 bits per heavy atom. The van der Waals surface area contributed by atoms with Crippen LogP contribution in [0.1, 0.15) is 27.0 Å². The molecule has 0 radical (unpaired) electrons. The predicted molar refractivity (Wildman–Crippen MR) is 73.4 cm³/mol. The minimum Gasteiger partial charge on any atom is -0.289 e. The van der Waals surface area contributed by atoms with Gasteiger partial charge in [-0.1, -0.05) is 15.9 Å². The summed E-state index contributed by atoms with van der Waals surface area (Å²) in [5.74, 6) is -0.380. The molecule has 0 N–H and O–H groups in total. The lowest BCUT2D eigenvalue weighted by Gasteiger charge is -2.09. The van der Waals surface area contributed by atoms with Crippen LogP contribution < -0.4 is 0 Å². The van der Waals surface area contributed by atoms with Crippen LogP contribution in [0.15, 0.2) is 40.9 Å². The van der Waals surface area contributed by atoms with E-state index in [9.17, 15) is 9.18 Å². The number of ketones is 1. The fourth-order valence-corrected chi connectivity index (χ4v) is 2.28. The summed E-state index contributed by atoms with van der Waals surface area (Å²) in [6, 6.07) is 9.93. The van der Waals surface area contributed by atoms with Crippen LogP contribution in [-0.4, -0.2) is 5.78 Å². The zero-order valence-corrected chi connectivity index (χ0v) is 11.7. The Labute approximate surface area is 114 Å². The van der Waals surface area contributed by atoms with Crippen LogP contribution in [0.4, 0.5) is 4.39 Å². The molecule has 92 valence electrons. The Hall–Kier alpha value is -1.48. The second kappa shape index (κ2) is 5.02. The van der Waals surface area contributed by atoms with Gasteiger partial charge in [-0.3, -0.25) is 4.79 Å². The van der Waals surface area contributed by atoms with Crippen molar-refractivity contribution < 1.29 is 9.18 Å². The number of carbonyl (C=O) groups is 1. The van der Waals surface area contributed by atoms with Crippen molar-refractivity contribution >= 4 is 21.7 Å². The lowest BCUT2D eigenvalue weighted by molar-refractivity contribution is 0.103. The summed E-state index contributed by atoms with van der Waals surface area (Å²) >= 11 is 3.33. The van der Waals surface area contributed by atoms with Crippen LogP contribution in [0.3, 0.4) is 0 Å². The number of halogens is 2. The largest absolute Gasteiger partial charge is 0.289 e. The van der Waals surface area contributed by atoms with Crippen LogP contribution in [0.2, 0.25) is 0 Å². The lowest BCUT2D eigenvalue weighted by Crippen LogP contribution is -2.06. The third-order valence-electron chi connectivity index (χ3n) is 2.83. The smallest absolute Gasteiger partial charge is 0.193 e. The number of benzene rings is 2. The topological polar surface area (TPSA) is 17.1 Å². The van der Waals surface area contributed by atoms with Crippen LogP contribution in [0.25, 0.3) is 0 Å². The molecule has 0 bridgehead atoms. The van der Waals surface area contributed by atoms with Gasteiger partial charge < -0.3 is 0 Å². The van der Waals surface area contributed by atoms with Gasteiger partial charge in [-0.15, -0.1) is 0 Å². The Morgan fingerprint density at radius 3 is 2.06 bits per heavy atom. The molecule has 18 heavy (non-hydrogen) atoms. The van der Waals surface area contributed by atoms with Crippen LogP contribution in [0, 0.1) is 19.7 Å². The van der Waals surface area contributed by atoms with Gasteiger partial charge in [-0.2, -0.15) is 0 Å². The molecule has 1 nitrogen and oxygen atoms in total. The van der Waals surface area contributed by atoms with E-state index < -0.39 is 0 Å². The zero-order valence-electron chi connectivity index (χ0n) is 10.1. The average molecular weight is 307 g/mol. The van der Waals surface area contributed by atoms with Gasteiger partial charge in [0.2, 0.25) is 0 Å². The average Bonchev–Trinajstić information content (AvgIpc) is 2.28. The van der Waals surface area contributed by atoms with E-state index >= 15 is 0 Å². The van der Waals surface area contributed by atoms with Crippen LogP contribution in [-0.2, 0) is 0 Å². The van der Waals surface area contributed by atoms with Crippen molar-refractivity contribution in [3.63, 3.8) is 0 Å². The highest BCUT2D eigenvalue weighted by molar-refractivity contribution is 9.10. The highest BCUT2D eigenvalue weighted by atomic mass is 79.9. The lowest BCUT2D eigenvalue weighted by atomic mass is 9.95. The standard InChI is InChI=1S/C15H12BrFO/c1-9-7-13(17)8-10(2)14(9)15(18)11-3-5-12(16)6-4-11/h3-8H,1-2H3. The van der Waals surface area contributed by atoms with Gasteiger partial charge in [0.05, 0.1) is 0 Å². The summed E-state index contributed by atoms with van der Waals surface area (Å²) in [7, 11) is 0. The molecule has 2 aromatic rings. The van der Waals surface area contributed by atoms with Crippen LogP contribution in [0.5, 0.6) is 0 Å². The van der Waals surface area contributed by atoms with E-state index in [1.165, 1.54) is 12.1 Å². The Bertz CT molecular complexity index is 579. The van der Waals surface area contributed by atoms with E-state index in [1.54, 1.807) is 26.0 Å². The van der Waals surface area contributed by atoms with Crippen molar-refractivity contribution in [3.8, 4) is 0 Å². The van der Waals surface area contributed by atoms with E-state index in [4.69, 9.17) is 0 Å². The minimum absolute atomic E-state index is 0.0718. The fraction of sp³-hybridized carbons (Fsp3) is 0.133. The molecule has 0 atom stereocenters. The molecule has 0 aliphatic heterocycles. The third kappa shape index (κ3) is 2.51. The van der Waals surface area contributed by atoms with Crippen molar-refractivity contribution in [3.05, 3.63) is 68.9 Å². The highest BCUT2D eigenvalue weighted by Crippen LogP contribution is 2.21. The number of hydrogen-bond acceptors (Lipinski definition) is 1. The first-order chi connectivity index (χ1) is 8.49. The third-order valence-corrected chi connectivity index (χ3v) is 3.36. The fourth-order valence-electron chi connectivity index (χ4n) is 2.01. The summed E-state index contributed by atoms with van der Waals surface area (Å²) in [5.41, 5.74) is 2.52. The van der Waals surface area contributed by atoms with Gasteiger partial charge in [-0.05, 0) is 61.4 Å². The van der Waals surface area contributed by atoms with Crippen molar-refractivity contribution in [1.82, 2.24) is 0 Å². The molecule has 0 fully saturated rings. The molecule has 0 aliphatic rings.